The Bertz CT molecular complexity index is 961. The van der Waals surface area contributed by atoms with Crippen LogP contribution in [0.1, 0.15) is 18.2 Å². The predicted octanol–water partition coefficient (Wildman–Crippen LogP) is 3.18. The van der Waals surface area contributed by atoms with E-state index in [0.717, 1.165) is 34.9 Å². The molecule has 5 heteroatoms. The molecule has 124 valence electrons. The Labute approximate surface area is 141 Å². The van der Waals surface area contributed by atoms with Crippen LogP contribution >= 0.6 is 0 Å². The van der Waals surface area contributed by atoms with Gasteiger partial charge >= 0.3 is 0 Å². The van der Waals surface area contributed by atoms with E-state index in [0.29, 0.717) is 5.49 Å². The third-order valence-corrected chi connectivity index (χ3v) is 4.35. The maximum Gasteiger partial charge on any atom is 0.130 e. The van der Waals surface area contributed by atoms with Crippen molar-refractivity contribution in [1.29, 1.82) is 5.41 Å². The highest BCUT2D eigenvalue weighted by Crippen LogP contribution is 2.21. The number of benzene rings is 1. The quantitative estimate of drug-likeness (QED) is 0.584. The summed E-state index contributed by atoms with van der Waals surface area (Å²) in [4.78, 5) is 4.25. The van der Waals surface area contributed by atoms with Gasteiger partial charge in [-0.3, -0.25) is 15.0 Å². The molecule has 1 N–H and O–H groups in total. The van der Waals surface area contributed by atoms with Crippen molar-refractivity contribution in [2.24, 2.45) is 4.99 Å². The normalized spacial score (nSPS) is 11.9. The zero-order valence-electron chi connectivity index (χ0n) is 14.5. The van der Waals surface area contributed by atoms with Crippen LogP contribution in [0, 0.1) is 12.3 Å². The zero-order valence-corrected chi connectivity index (χ0v) is 14.5. The van der Waals surface area contributed by atoms with Crippen LogP contribution in [0.4, 0.5) is 0 Å². The molecule has 0 spiro atoms. The van der Waals surface area contributed by atoms with E-state index in [1.165, 1.54) is 5.56 Å². The van der Waals surface area contributed by atoms with Crippen LogP contribution in [0.2, 0.25) is 0 Å². The minimum Gasteiger partial charge on any atom is -0.497 e. The number of rotatable bonds is 3. The molecule has 5 nitrogen and oxygen atoms in total. The first-order valence-corrected chi connectivity index (χ1v) is 7.88. The van der Waals surface area contributed by atoms with Crippen LogP contribution in [0.5, 0.6) is 5.75 Å². The second kappa shape index (κ2) is 6.35. The van der Waals surface area contributed by atoms with Gasteiger partial charge in [0.2, 0.25) is 0 Å². The number of nitrogens with zero attached hydrogens (tertiary/aromatic N) is 3. The molecule has 0 aliphatic rings. The van der Waals surface area contributed by atoms with Crippen LogP contribution in [0.15, 0.2) is 47.5 Å². The fraction of sp³-hybridized carbons (Fsp3) is 0.263. The lowest BCUT2D eigenvalue weighted by atomic mass is 10.2. The second-order valence-electron chi connectivity index (χ2n) is 5.82. The molecule has 3 aromatic rings. The van der Waals surface area contributed by atoms with Crippen molar-refractivity contribution in [2.75, 3.05) is 14.2 Å². The lowest BCUT2D eigenvalue weighted by Gasteiger charge is -2.11. The van der Waals surface area contributed by atoms with Gasteiger partial charge in [-0.2, -0.15) is 0 Å². The Morgan fingerprint density at radius 1 is 1.12 bits per heavy atom. The van der Waals surface area contributed by atoms with Gasteiger partial charge < -0.3 is 9.30 Å². The summed E-state index contributed by atoms with van der Waals surface area (Å²) in [6.07, 6.45) is 0. The molecule has 0 saturated heterocycles. The summed E-state index contributed by atoms with van der Waals surface area (Å²) in [5.74, 6) is 1.67. The number of methoxy groups -OCH3 is 1. The van der Waals surface area contributed by atoms with E-state index in [1.807, 2.05) is 35.8 Å². The van der Waals surface area contributed by atoms with E-state index in [1.54, 1.807) is 14.2 Å². The zero-order chi connectivity index (χ0) is 17.3. The summed E-state index contributed by atoms with van der Waals surface area (Å²) in [6.45, 7) is 4.79. The van der Waals surface area contributed by atoms with Gasteiger partial charge in [-0.15, -0.1) is 0 Å². The molecule has 0 fully saturated rings. The first kappa shape index (κ1) is 16.1. The lowest BCUT2D eigenvalue weighted by molar-refractivity contribution is 0.414. The van der Waals surface area contributed by atoms with Crippen molar-refractivity contribution in [3.8, 4) is 5.75 Å². The molecule has 2 aromatic heterocycles. The van der Waals surface area contributed by atoms with Gasteiger partial charge in [-0.05, 0) is 49.7 Å². The minimum absolute atomic E-state index is 0.437. The monoisotopic (exact) mass is 322 g/mol. The largest absolute Gasteiger partial charge is 0.497 e. The van der Waals surface area contributed by atoms with E-state index in [-0.39, 0.29) is 0 Å². The molecule has 0 radical (unpaired) electrons. The highest BCUT2D eigenvalue weighted by Gasteiger charge is 2.11. The third-order valence-electron chi connectivity index (χ3n) is 4.35. The maximum atomic E-state index is 8.19. The molecule has 0 aliphatic carbocycles. The summed E-state index contributed by atoms with van der Waals surface area (Å²) in [5.41, 5.74) is 4.91. The summed E-state index contributed by atoms with van der Waals surface area (Å²) in [5, 5.41) is 8.19. The van der Waals surface area contributed by atoms with Crippen molar-refractivity contribution in [2.45, 2.75) is 20.4 Å². The van der Waals surface area contributed by atoms with Gasteiger partial charge in [0.15, 0.2) is 0 Å². The SMILES string of the molecule is CN=C(C)n1c(=N)ccc2c1cc(C)n2Cc1ccc(OC)cc1. The summed E-state index contributed by atoms with van der Waals surface area (Å²) >= 11 is 0. The predicted molar refractivity (Wildman–Crippen MR) is 97.0 cm³/mol. The Morgan fingerprint density at radius 2 is 1.83 bits per heavy atom. The van der Waals surface area contributed by atoms with Crippen LogP contribution in [0.25, 0.3) is 11.0 Å². The van der Waals surface area contributed by atoms with Gasteiger partial charge in [0.1, 0.15) is 17.1 Å². The summed E-state index contributed by atoms with van der Waals surface area (Å²) in [6, 6.07) is 14.1. The minimum atomic E-state index is 0.437. The van der Waals surface area contributed by atoms with E-state index < -0.39 is 0 Å². The van der Waals surface area contributed by atoms with Crippen LogP contribution in [-0.2, 0) is 6.54 Å². The van der Waals surface area contributed by atoms with Crippen molar-refractivity contribution < 1.29 is 4.74 Å². The number of nitrogens with one attached hydrogen (secondary N) is 1. The number of fused-ring (bicyclic) bond motifs is 1. The van der Waals surface area contributed by atoms with E-state index in [2.05, 4.69) is 34.7 Å². The molecule has 0 atom stereocenters. The number of hydrogen-bond donors (Lipinski definition) is 1. The first-order chi connectivity index (χ1) is 11.5. The average molecular weight is 322 g/mol. The number of pyridine rings is 1. The van der Waals surface area contributed by atoms with Gasteiger partial charge in [0.05, 0.1) is 18.1 Å². The molecule has 0 aliphatic heterocycles. The van der Waals surface area contributed by atoms with Crippen molar-refractivity contribution in [3.05, 3.63) is 59.2 Å². The molecule has 24 heavy (non-hydrogen) atoms. The van der Waals surface area contributed by atoms with E-state index in [9.17, 15) is 0 Å². The topological polar surface area (TPSA) is 55.3 Å². The number of hydrogen-bond acceptors (Lipinski definition) is 3. The van der Waals surface area contributed by atoms with Gasteiger partial charge in [0.25, 0.3) is 0 Å². The molecule has 0 saturated carbocycles. The number of ether oxygens (including phenoxy) is 1. The Kier molecular flexibility index (Phi) is 4.25. The first-order valence-electron chi connectivity index (χ1n) is 7.88. The van der Waals surface area contributed by atoms with E-state index in [4.69, 9.17) is 10.1 Å². The Morgan fingerprint density at radius 3 is 2.46 bits per heavy atom. The van der Waals surface area contributed by atoms with Gasteiger partial charge in [-0.25, -0.2) is 0 Å². The molecular formula is C19H22N4O. The van der Waals surface area contributed by atoms with Gasteiger partial charge in [-0.1, -0.05) is 12.1 Å². The fourth-order valence-electron chi connectivity index (χ4n) is 2.97. The van der Waals surface area contributed by atoms with Crippen LogP contribution in [0.3, 0.4) is 0 Å². The standard InChI is InChI=1S/C19H22N4O/c1-13-11-18-17(9-10-19(20)23(18)14(2)21-3)22(13)12-15-5-7-16(24-4)8-6-15/h5-11,20H,12H2,1-4H3. The highest BCUT2D eigenvalue weighted by molar-refractivity contribution is 5.92. The third kappa shape index (κ3) is 2.73. The Balaban J connectivity index is 2.12. The number of aliphatic imine (C=N–C) groups is 1. The molecular weight excluding hydrogens is 300 g/mol. The molecule has 1 aromatic carbocycles. The van der Waals surface area contributed by atoms with Crippen LogP contribution in [-0.4, -0.2) is 29.1 Å². The molecule has 2 heterocycles. The average Bonchev–Trinajstić information content (AvgIpc) is 2.90. The highest BCUT2D eigenvalue weighted by atomic mass is 16.5. The molecule has 0 unspecified atom stereocenters. The maximum absolute atomic E-state index is 8.19. The molecule has 0 bridgehead atoms. The summed E-state index contributed by atoms with van der Waals surface area (Å²) in [7, 11) is 3.43. The number of aromatic nitrogens is 2. The van der Waals surface area contributed by atoms with Crippen molar-refractivity contribution in [3.63, 3.8) is 0 Å². The van der Waals surface area contributed by atoms with Crippen molar-refractivity contribution >= 4 is 16.9 Å². The second-order valence-corrected chi connectivity index (χ2v) is 5.82. The van der Waals surface area contributed by atoms with Crippen LogP contribution < -0.4 is 10.2 Å². The lowest BCUT2D eigenvalue weighted by Crippen LogP contribution is -2.24. The molecule has 0 amide bonds. The number of aryl methyl sites for hydroxylation is 1. The van der Waals surface area contributed by atoms with E-state index >= 15 is 0 Å². The van der Waals surface area contributed by atoms with Crippen molar-refractivity contribution in [1.82, 2.24) is 9.13 Å². The molecule has 3 rings (SSSR count). The fourth-order valence-corrected chi connectivity index (χ4v) is 2.97. The summed E-state index contributed by atoms with van der Waals surface area (Å²) < 4.78 is 9.36. The Hall–Kier alpha value is -2.82. The smallest absolute Gasteiger partial charge is 0.130 e. The van der Waals surface area contributed by atoms with Gasteiger partial charge in [0, 0.05) is 19.3 Å².